The molecule has 0 atom stereocenters. The van der Waals surface area contributed by atoms with Crippen LogP contribution in [0.3, 0.4) is 0 Å². The van der Waals surface area contributed by atoms with Crippen molar-refractivity contribution in [3.05, 3.63) is 65.0 Å². The maximum absolute atomic E-state index is 15.4. The molecule has 10 heteroatoms. The van der Waals surface area contributed by atoms with Gasteiger partial charge in [0.15, 0.2) is 11.7 Å². The summed E-state index contributed by atoms with van der Waals surface area (Å²) in [5.41, 5.74) is 5.33. The van der Waals surface area contributed by atoms with Gasteiger partial charge in [-0.05, 0) is 64.3 Å². The number of aromatic nitrogens is 4. The third-order valence-corrected chi connectivity index (χ3v) is 8.35. The fourth-order valence-electron chi connectivity index (χ4n) is 5.99. The first-order chi connectivity index (χ1) is 18.6. The van der Waals surface area contributed by atoms with Gasteiger partial charge in [0.05, 0.1) is 28.3 Å². The average Bonchev–Trinajstić information content (AvgIpc) is 3.59. The van der Waals surface area contributed by atoms with E-state index in [4.69, 9.17) is 16.7 Å². The van der Waals surface area contributed by atoms with Gasteiger partial charge in [0.1, 0.15) is 5.69 Å². The van der Waals surface area contributed by atoms with Gasteiger partial charge in [-0.25, -0.2) is 4.39 Å². The molecule has 0 spiro atoms. The van der Waals surface area contributed by atoms with Crippen molar-refractivity contribution in [1.82, 2.24) is 29.8 Å². The third kappa shape index (κ3) is 4.19. The van der Waals surface area contributed by atoms with Crippen molar-refractivity contribution < 1.29 is 9.18 Å². The Morgan fingerprint density at radius 2 is 2.00 bits per heavy atom. The molecule has 39 heavy (non-hydrogen) atoms. The molecule has 6 rings (SSSR count). The molecule has 1 amide bonds. The number of allylic oxidation sites excluding steroid dienone is 2. The molecule has 3 aromatic rings. The number of aromatic amines is 1. The molecule has 0 bridgehead atoms. The van der Waals surface area contributed by atoms with E-state index in [9.17, 15) is 4.79 Å². The van der Waals surface area contributed by atoms with E-state index < -0.39 is 0 Å². The number of hydrogen-bond donors (Lipinski definition) is 1. The molecule has 0 aliphatic carbocycles. The number of aliphatic imine (C=N–C) groups is 1. The molecular formula is C29H31ClFN7O. The minimum Gasteiger partial charge on any atom is -0.339 e. The molecule has 1 fully saturated rings. The maximum atomic E-state index is 15.4. The molecule has 0 saturated carbocycles. The number of halogens is 2. The van der Waals surface area contributed by atoms with E-state index in [2.05, 4.69) is 21.8 Å². The fraction of sp³-hybridized carbons (Fsp3) is 0.379. The summed E-state index contributed by atoms with van der Waals surface area (Å²) in [6, 6.07) is 2.06. The van der Waals surface area contributed by atoms with Crippen LogP contribution in [0.25, 0.3) is 27.6 Å². The smallest absolute Gasteiger partial charge is 0.245 e. The largest absolute Gasteiger partial charge is 0.339 e. The van der Waals surface area contributed by atoms with Gasteiger partial charge in [-0.1, -0.05) is 18.2 Å². The molecule has 2 aromatic heterocycles. The second-order valence-corrected chi connectivity index (χ2v) is 11.6. The highest BCUT2D eigenvalue weighted by molar-refractivity contribution is 6.36. The topological polar surface area (TPSA) is 82.4 Å². The lowest BCUT2D eigenvalue weighted by Gasteiger charge is -2.32. The first kappa shape index (κ1) is 25.6. The second-order valence-electron chi connectivity index (χ2n) is 11.2. The Labute approximate surface area is 231 Å². The number of piperidine rings is 1. The fourth-order valence-corrected chi connectivity index (χ4v) is 6.24. The number of amidine groups is 1. The van der Waals surface area contributed by atoms with Crippen LogP contribution >= 0.6 is 11.6 Å². The van der Waals surface area contributed by atoms with E-state index >= 15 is 4.39 Å². The van der Waals surface area contributed by atoms with E-state index in [-0.39, 0.29) is 23.3 Å². The number of rotatable bonds is 4. The van der Waals surface area contributed by atoms with Gasteiger partial charge in [0.2, 0.25) is 5.91 Å². The highest BCUT2D eigenvalue weighted by atomic mass is 35.5. The molecule has 0 unspecified atom stereocenters. The molecule has 1 aromatic carbocycles. The zero-order valence-corrected chi connectivity index (χ0v) is 23.3. The Bertz CT molecular complexity index is 1620. The zero-order valence-electron chi connectivity index (χ0n) is 22.6. The van der Waals surface area contributed by atoms with E-state index in [1.54, 1.807) is 6.20 Å². The highest BCUT2D eigenvalue weighted by Gasteiger charge is 2.36. The highest BCUT2D eigenvalue weighted by Crippen LogP contribution is 2.44. The zero-order chi connectivity index (χ0) is 27.6. The van der Waals surface area contributed by atoms with Crippen molar-refractivity contribution in [3.8, 4) is 11.1 Å². The van der Waals surface area contributed by atoms with Gasteiger partial charge in [0.25, 0.3) is 0 Å². The standard InChI is InChI=1S/C29H31ClFN7O/c1-6-23(39)36-9-7-19(8-10-36)38-17(3)24(25-20-13-32-34-22(20)11-16(2)26(25)30)27(35-38)18-12-21(31)28-33-29(4,5)15-37(28)14-18/h6,11-14,19H,1,7-10,15H2,2-5H3,(H,32,34). The van der Waals surface area contributed by atoms with E-state index in [1.165, 1.54) is 12.2 Å². The summed E-state index contributed by atoms with van der Waals surface area (Å²) in [6.07, 6.45) is 8.10. The molecule has 1 N–H and O–H groups in total. The summed E-state index contributed by atoms with van der Waals surface area (Å²) in [5.74, 6) is -0.0808. The number of carbonyl (C=O) groups excluding carboxylic acids is 1. The summed E-state index contributed by atoms with van der Waals surface area (Å²) in [6.45, 7) is 13.4. The molecule has 5 heterocycles. The number of aryl methyl sites for hydroxylation is 1. The van der Waals surface area contributed by atoms with Crippen molar-refractivity contribution in [2.45, 2.75) is 52.1 Å². The van der Waals surface area contributed by atoms with Crippen LogP contribution in [-0.2, 0) is 4.79 Å². The van der Waals surface area contributed by atoms with Gasteiger partial charge >= 0.3 is 0 Å². The van der Waals surface area contributed by atoms with Crippen molar-refractivity contribution in [3.63, 3.8) is 0 Å². The first-order valence-electron chi connectivity index (χ1n) is 13.2. The van der Waals surface area contributed by atoms with Crippen LogP contribution < -0.4 is 0 Å². The molecule has 202 valence electrons. The number of H-pyrrole nitrogens is 1. The lowest BCUT2D eigenvalue weighted by atomic mass is 9.94. The minimum atomic E-state index is -0.385. The third-order valence-electron chi connectivity index (χ3n) is 7.86. The van der Waals surface area contributed by atoms with Gasteiger partial charge in [-0.3, -0.25) is 19.6 Å². The van der Waals surface area contributed by atoms with E-state index in [0.717, 1.165) is 46.1 Å². The monoisotopic (exact) mass is 547 g/mol. The van der Waals surface area contributed by atoms with Crippen LogP contribution in [0.4, 0.5) is 4.39 Å². The van der Waals surface area contributed by atoms with Gasteiger partial charge in [-0.2, -0.15) is 10.2 Å². The van der Waals surface area contributed by atoms with Crippen molar-refractivity contribution in [2.75, 3.05) is 19.6 Å². The van der Waals surface area contributed by atoms with Crippen LogP contribution in [0.2, 0.25) is 5.02 Å². The Morgan fingerprint density at radius 3 is 2.72 bits per heavy atom. The Balaban J connectivity index is 1.52. The molecule has 3 aliphatic heterocycles. The average molecular weight is 548 g/mol. The molecule has 8 nitrogen and oxygen atoms in total. The van der Waals surface area contributed by atoms with Gasteiger partial charge in [0, 0.05) is 53.6 Å². The van der Waals surface area contributed by atoms with Crippen LogP contribution in [-0.4, -0.2) is 66.7 Å². The summed E-state index contributed by atoms with van der Waals surface area (Å²) < 4.78 is 17.5. The Hall–Kier alpha value is -3.72. The number of amides is 1. The number of benzene rings is 1. The number of nitrogens with one attached hydrogen (secondary N) is 1. The van der Waals surface area contributed by atoms with Crippen molar-refractivity contribution >= 4 is 39.8 Å². The normalized spacial score (nSPS) is 19.2. The summed E-state index contributed by atoms with van der Waals surface area (Å²) in [5, 5.41) is 14.0. The molecule has 0 radical (unpaired) electrons. The predicted octanol–water partition coefficient (Wildman–Crippen LogP) is 5.75. The molecule has 1 saturated heterocycles. The SMILES string of the molecule is C=CC(=O)N1CCC(n2nc(C3=CN4CC(C)(C)N=C4C(F)=C3)c(-c3c(Cl)c(C)cc4[nH]ncc34)c2C)CC1. The van der Waals surface area contributed by atoms with Crippen LogP contribution in [0.15, 0.2) is 48.0 Å². The van der Waals surface area contributed by atoms with Gasteiger partial charge in [-0.15, -0.1) is 0 Å². The first-order valence-corrected chi connectivity index (χ1v) is 13.5. The van der Waals surface area contributed by atoms with Crippen molar-refractivity contribution in [1.29, 1.82) is 0 Å². The molecular weight excluding hydrogens is 517 g/mol. The number of hydrogen-bond acceptors (Lipinski definition) is 5. The number of fused-ring (bicyclic) bond motifs is 2. The number of carbonyl (C=O) groups is 1. The lowest BCUT2D eigenvalue weighted by Crippen LogP contribution is -2.38. The predicted molar refractivity (Wildman–Crippen MR) is 152 cm³/mol. The van der Waals surface area contributed by atoms with Crippen LogP contribution in [0.1, 0.15) is 49.7 Å². The quantitative estimate of drug-likeness (QED) is 0.422. The molecule has 3 aliphatic rings. The van der Waals surface area contributed by atoms with E-state index in [1.807, 2.05) is 54.4 Å². The number of likely N-dealkylation sites (tertiary alicyclic amines) is 1. The lowest BCUT2D eigenvalue weighted by molar-refractivity contribution is -0.127. The second kappa shape index (κ2) is 9.19. The Morgan fingerprint density at radius 1 is 1.26 bits per heavy atom. The minimum absolute atomic E-state index is 0.0557. The summed E-state index contributed by atoms with van der Waals surface area (Å²) in [4.78, 5) is 20.4. The summed E-state index contributed by atoms with van der Waals surface area (Å²) >= 11 is 7.00. The van der Waals surface area contributed by atoms with E-state index in [0.29, 0.717) is 41.8 Å². The number of nitrogens with zero attached hydrogens (tertiary/aromatic N) is 6. The van der Waals surface area contributed by atoms with Crippen LogP contribution in [0.5, 0.6) is 0 Å². The Kier molecular flexibility index (Phi) is 6.02. The van der Waals surface area contributed by atoms with Crippen molar-refractivity contribution in [2.24, 2.45) is 4.99 Å². The van der Waals surface area contributed by atoms with Gasteiger partial charge < -0.3 is 9.80 Å². The summed E-state index contributed by atoms with van der Waals surface area (Å²) in [7, 11) is 0. The maximum Gasteiger partial charge on any atom is 0.245 e. The van der Waals surface area contributed by atoms with Crippen LogP contribution in [0, 0.1) is 13.8 Å².